The van der Waals surface area contributed by atoms with Gasteiger partial charge < -0.3 is 13.9 Å². The Bertz CT molecular complexity index is 949. The summed E-state index contributed by atoms with van der Waals surface area (Å²) in [7, 11) is 0. The van der Waals surface area contributed by atoms with Crippen LogP contribution in [0.1, 0.15) is 33.3 Å². The Labute approximate surface area is 163 Å². The highest BCUT2D eigenvalue weighted by molar-refractivity contribution is 5.96. The van der Waals surface area contributed by atoms with Gasteiger partial charge in [0.1, 0.15) is 11.3 Å². The number of carbonyl (C=O) groups is 1. The van der Waals surface area contributed by atoms with Crippen LogP contribution in [0.2, 0.25) is 0 Å². The van der Waals surface area contributed by atoms with Crippen molar-refractivity contribution in [2.45, 2.75) is 27.3 Å². The van der Waals surface area contributed by atoms with Crippen LogP contribution < -0.4 is 0 Å². The van der Waals surface area contributed by atoms with Crippen molar-refractivity contribution in [3.8, 4) is 11.4 Å². The monoisotopic (exact) mass is 381 g/mol. The van der Waals surface area contributed by atoms with Crippen molar-refractivity contribution in [2.75, 3.05) is 26.2 Å². The first-order valence-electron chi connectivity index (χ1n) is 9.35. The lowest BCUT2D eigenvalue weighted by Crippen LogP contribution is -2.48. The van der Waals surface area contributed by atoms with Gasteiger partial charge in [-0.15, -0.1) is 0 Å². The molecule has 0 saturated carbocycles. The zero-order valence-corrected chi connectivity index (χ0v) is 16.3. The molecule has 146 valence electrons. The molecule has 0 bridgehead atoms. The average Bonchev–Trinajstić information content (AvgIpc) is 3.29. The van der Waals surface area contributed by atoms with E-state index in [1.807, 2.05) is 36.1 Å². The van der Waals surface area contributed by atoms with Crippen molar-refractivity contribution in [3.63, 3.8) is 0 Å². The van der Waals surface area contributed by atoms with Crippen LogP contribution in [-0.4, -0.2) is 57.2 Å². The fourth-order valence-corrected chi connectivity index (χ4v) is 3.39. The molecular weight excluding hydrogens is 358 g/mol. The Hall–Kier alpha value is -3.00. The summed E-state index contributed by atoms with van der Waals surface area (Å²) < 4.78 is 10.5. The molecule has 3 aromatic rings. The van der Waals surface area contributed by atoms with Crippen LogP contribution >= 0.6 is 0 Å². The van der Waals surface area contributed by atoms with Gasteiger partial charge in [-0.1, -0.05) is 40.1 Å². The van der Waals surface area contributed by atoms with Crippen molar-refractivity contribution in [1.82, 2.24) is 25.1 Å². The molecule has 0 spiro atoms. The predicted molar refractivity (Wildman–Crippen MR) is 102 cm³/mol. The summed E-state index contributed by atoms with van der Waals surface area (Å²) in [5, 5.41) is 7.96. The first-order chi connectivity index (χ1) is 13.5. The van der Waals surface area contributed by atoms with Gasteiger partial charge in [0.25, 0.3) is 5.91 Å². The van der Waals surface area contributed by atoms with Gasteiger partial charge in [-0.2, -0.15) is 4.98 Å². The normalized spacial score (nSPS) is 15.2. The van der Waals surface area contributed by atoms with Gasteiger partial charge >= 0.3 is 0 Å². The Morgan fingerprint density at radius 1 is 1.00 bits per heavy atom. The van der Waals surface area contributed by atoms with Crippen LogP contribution in [0.25, 0.3) is 11.4 Å². The number of nitrogens with zero attached hydrogens (tertiary/aromatic N) is 5. The van der Waals surface area contributed by atoms with Crippen molar-refractivity contribution >= 4 is 5.91 Å². The summed E-state index contributed by atoms with van der Waals surface area (Å²) in [5.41, 5.74) is 3.35. The van der Waals surface area contributed by atoms with Crippen LogP contribution in [-0.2, 0) is 6.54 Å². The molecule has 0 N–H and O–H groups in total. The molecule has 0 aliphatic carbocycles. The van der Waals surface area contributed by atoms with Gasteiger partial charge in [-0.3, -0.25) is 9.69 Å². The fourth-order valence-electron chi connectivity index (χ4n) is 3.39. The van der Waals surface area contributed by atoms with Crippen molar-refractivity contribution in [3.05, 3.63) is 52.7 Å². The third-order valence-corrected chi connectivity index (χ3v) is 5.04. The number of piperazine rings is 1. The molecule has 0 unspecified atom stereocenters. The molecule has 1 aliphatic heterocycles. The summed E-state index contributed by atoms with van der Waals surface area (Å²) in [4.78, 5) is 21.3. The number of aromatic nitrogens is 3. The maximum atomic E-state index is 12.7. The maximum Gasteiger partial charge on any atom is 0.259 e. The number of hydrogen-bond acceptors (Lipinski definition) is 7. The van der Waals surface area contributed by atoms with Crippen molar-refractivity contribution in [2.24, 2.45) is 0 Å². The smallest absolute Gasteiger partial charge is 0.259 e. The van der Waals surface area contributed by atoms with Gasteiger partial charge in [0, 0.05) is 31.7 Å². The second kappa shape index (κ2) is 7.55. The SMILES string of the molecule is Cc1ccc(-c2noc(CN3CCN(C(=O)c4c(C)noc4C)CC3)n2)cc1. The number of amides is 1. The predicted octanol–water partition coefficient (Wildman–Crippen LogP) is 2.61. The van der Waals surface area contributed by atoms with Crippen LogP contribution in [0.15, 0.2) is 33.3 Å². The lowest BCUT2D eigenvalue weighted by Gasteiger charge is -2.33. The molecule has 0 radical (unpaired) electrons. The Kier molecular flexibility index (Phi) is 4.95. The molecular formula is C20H23N5O3. The number of benzene rings is 1. The molecule has 1 aromatic carbocycles. The molecule has 3 heterocycles. The fraction of sp³-hybridized carbons (Fsp3) is 0.400. The average molecular weight is 381 g/mol. The minimum absolute atomic E-state index is 0.0182. The minimum atomic E-state index is -0.0182. The van der Waals surface area contributed by atoms with E-state index >= 15 is 0 Å². The molecule has 1 fully saturated rings. The molecule has 8 nitrogen and oxygen atoms in total. The largest absolute Gasteiger partial charge is 0.361 e. The van der Waals surface area contributed by atoms with Crippen LogP contribution in [0.3, 0.4) is 0 Å². The highest BCUT2D eigenvalue weighted by Crippen LogP contribution is 2.19. The van der Waals surface area contributed by atoms with E-state index in [-0.39, 0.29) is 5.91 Å². The number of hydrogen-bond donors (Lipinski definition) is 0. The van der Waals surface area contributed by atoms with Gasteiger partial charge in [0.15, 0.2) is 0 Å². The van der Waals surface area contributed by atoms with Crippen molar-refractivity contribution < 1.29 is 13.8 Å². The molecule has 4 rings (SSSR count). The lowest BCUT2D eigenvalue weighted by atomic mass is 10.1. The van der Waals surface area contributed by atoms with Gasteiger partial charge in [0.05, 0.1) is 12.2 Å². The van der Waals surface area contributed by atoms with Gasteiger partial charge in [0.2, 0.25) is 11.7 Å². The van der Waals surface area contributed by atoms with E-state index in [2.05, 4.69) is 20.2 Å². The minimum Gasteiger partial charge on any atom is -0.361 e. The van der Waals surface area contributed by atoms with E-state index in [0.717, 1.165) is 18.7 Å². The highest BCUT2D eigenvalue weighted by Gasteiger charge is 2.27. The standard InChI is InChI=1S/C20H23N5O3/c1-13-4-6-16(7-5-13)19-21-17(28-23-19)12-24-8-10-25(11-9-24)20(26)18-14(2)22-27-15(18)3/h4-7H,8-12H2,1-3H3. The maximum absolute atomic E-state index is 12.7. The third kappa shape index (κ3) is 3.68. The molecule has 2 aromatic heterocycles. The van der Waals surface area contributed by atoms with E-state index in [9.17, 15) is 4.79 Å². The summed E-state index contributed by atoms with van der Waals surface area (Å²) in [6, 6.07) is 8.03. The zero-order chi connectivity index (χ0) is 19.7. The highest BCUT2D eigenvalue weighted by atomic mass is 16.5. The summed E-state index contributed by atoms with van der Waals surface area (Å²) >= 11 is 0. The topological polar surface area (TPSA) is 88.5 Å². The second-order valence-corrected chi connectivity index (χ2v) is 7.15. The molecule has 28 heavy (non-hydrogen) atoms. The van der Waals surface area contributed by atoms with E-state index in [4.69, 9.17) is 9.05 Å². The van der Waals surface area contributed by atoms with E-state index in [0.29, 0.717) is 48.4 Å². The van der Waals surface area contributed by atoms with E-state index in [1.165, 1.54) is 5.56 Å². The van der Waals surface area contributed by atoms with Crippen LogP contribution in [0.5, 0.6) is 0 Å². The molecule has 8 heteroatoms. The molecule has 0 atom stereocenters. The quantitative estimate of drug-likeness (QED) is 0.686. The number of aryl methyl sites for hydroxylation is 3. The first-order valence-corrected chi connectivity index (χ1v) is 9.35. The summed E-state index contributed by atoms with van der Waals surface area (Å²) in [6.45, 7) is 8.96. The van der Waals surface area contributed by atoms with E-state index in [1.54, 1.807) is 13.8 Å². The van der Waals surface area contributed by atoms with Gasteiger partial charge in [-0.25, -0.2) is 0 Å². The Morgan fingerprint density at radius 2 is 1.71 bits per heavy atom. The number of rotatable bonds is 4. The molecule has 1 amide bonds. The Morgan fingerprint density at radius 3 is 2.36 bits per heavy atom. The second-order valence-electron chi connectivity index (χ2n) is 7.15. The lowest BCUT2D eigenvalue weighted by molar-refractivity contribution is 0.0613. The summed E-state index contributed by atoms with van der Waals surface area (Å²) in [5.74, 6) is 1.73. The first kappa shape index (κ1) is 18.4. The third-order valence-electron chi connectivity index (χ3n) is 5.04. The number of carbonyl (C=O) groups excluding carboxylic acids is 1. The molecule has 1 saturated heterocycles. The molecule has 1 aliphatic rings. The van der Waals surface area contributed by atoms with Gasteiger partial charge in [-0.05, 0) is 20.8 Å². The summed E-state index contributed by atoms with van der Waals surface area (Å²) in [6.07, 6.45) is 0. The van der Waals surface area contributed by atoms with Crippen molar-refractivity contribution in [1.29, 1.82) is 0 Å². The van der Waals surface area contributed by atoms with Crippen LogP contribution in [0.4, 0.5) is 0 Å². The Balaban J connectivity index is 1.35. The van der Waals surface area contributed by atoms with Crippen LogP contribution in [0, 0.1) is 20.8 Å². The van der Waals surface area contributed by atoms with E-state index < -0.39 is 0 Å². The zero-order valence-electron chi connectivity index (χ0n) is 16.3.